The monoisotopic (exact) mass is 348 g/mol. The molecule has 0 spiro atoms. The summed E-state index contributed by atoms with van der Waals surface area (Å²) >= 11 is 18.0. The van der Waals surface area contributed by atoms with Crippen LogP contribution < -0.4 is 0 Å². The lowest BCUT2D eigenvalue weighted by molar-refractivity contribution is 0.593. The Morgan fingerprint density at radius 1 is 1.10 bits per heavy atom. The van der Waals surface area contributed by atoms with E-state index in [1.165, 1.54) is 0 Å². The molecule has 0 aromatic heterocycles. The summed E-state index contributed by atoms with van der Waals surface area (Å²) in [7, 11) is -3.44. The topological polar surface area (TPSA) is 34.1 Å². The molecule has 2 aromatic rings. The third-order valence-corrected chi connectivity index (χ3v) is 6.66. The Kier molecular flexibility index (Phi) is 3.45. The molecule has 1 aliphatic rings. The highest BCUT2D eigenvalue weighted by Gasteiger charge is 2.53. The van der Waals surface area contributed by atoms with Gasteiger partial charge in [0.2, 0.25) is 0 Å². The first-order valence-corrected chi connectivity index (χ1v) is 8.88. The molecule has 1 saturated carbocycles. The van der Waals surface area contributed by atoms with E-state index in [1.54, 1.807) is 30.3 Å². The van der Waals surface area contributed by atoms with Crippen LogP contribution in [0.4, 0.5) is 0 Å². The van der Waals surface area contributed by atoms with E-state index in [9.17, 15) is 8.42 Å². The second-order valence-electron chi connectivity index (χ2n) is 5.03. The number of hydrogen-bond donors (Lipinski definition) is 0. The molecule has 106 valence electrons. The summed E-state index contributed by atoms with van der Waals surface area (Å²) in [5, 5.41) is 1.90. The summed E-state index contributed by atoms with van der Waals surface area (Å²) < 4.78 is 24.2. The van der Waals surface area contributed by atoms with Crippen molar-refractivity contribution in [3.8, 4) is 0 Å². The smallest absolute Gasteiger partial charge is 0.179 e. The summed E-state index contributed by atoms with van der Waals surface area (Å²) in [6, 6.07) is 10.3. The fourth-order valence-corrected chi connectivity index (χ4v) is 5.15. The Bertz CT molecular complexity index is 784. The van der Waals surface area contributed by atoms with E-state index in [1.807, 2.05) is 6.07 Å². The van der Waals surface area contributed by atoms with Gasteiger partial charge in [0.15, 0.2) is 9.84 Å². The molecule has 0 N–H and O–H groups in total. The van der Waals surface area contributed by atoms with Gasteiger partial charge in [-0.15, -0.1) is 23.2 Å². The summed E-state index contributed by atoms with van der Waals surface area (Å²) in [4.78, 5) is 0.286. The zero-order chi connectivity index (χ0) is 14.5. The van der Waals surface area contributed by atoms with Gasteiger partial charge in [-0.25, -0.2) is 8.42 Å². The van der Waals surface area contributed by atoms with Crippen LogP contribution in [-0.2, 0) is 9.84 Å². The van der Waals surface area contributed by atoms with Gasteiger partial charge in [-0.05, 0) is 18.6 Å². The molecule has 0 bridgehead atoms. The van der Waals surface area contributed by atoms with E-state index < -0.39 is 14.2 Å². The highest BCUT2D eigenvalue weighted by Crippen LogP contribution is 2.54. The van der Waals surface area contributed by atoms with Crippen molar-refractivity contribution in [2.75, 3.05) is 5.75 Å². The van der Waals surface area contributed by atoms with E-state index in [2.05, 4.69) is 0 Å². The maximum atomic E-state index is 12.5. The van der Waals surface area contributed by atoms with Gasteiger partial charge < -0.3 is 0 Å². The molecule has 20 heavy (non-hydrogen) atoms. The van der Waals surface area contributed by atoms with Gasteiger partial charge in [0.1, 0.15) is 4.33 Å². The lowest BCUT2D eigenvalue weighted by Crippen LogP contribution is -2.11. The normalized spacial score (nSPS) is 21.1. The molecular formula is C14H11Cl3O2S. The van der Waals surface area contributed by atoms with Gasteiger partial charge in [-0.1, -0.05) is 35.9 Å². The van der Waals surface area contributed by atoms with Crippen LogP contribution >= 0.6 is 34.8 Å². The predicted molar refractivity (Wildman–Crippen MR) is 83.6 cm³/mol. The first-order valence-electron chi connectivity index (χ1n) is 6.09. The summed E-state index contributed by atoms with van der Waals surface area (Å²) in [5.74, 6) is -0.240. The van der Waals surface area contributed by atoms with E-state index >= 15 is 0 Å². The highest BCUT2D eigenvalue weighted by atomic mass is 35.5. The molecule has 1 unspecified atom stereocenters. The van der Waals surface area contributed by atoms with Crippen LogP contribution in [0.2, 0.25) is 5.02 Å². The minimum Gasteiger partial charge on any atom is -0.224 e. The standard InChI is InChI=1S/C14H11Cl3O2S/c15-12-5-6-13(11-4-2-1-3-10(11)12)20(18,19)8-9-7-14(9,16)17/h1-6,9H,7-8H2. The van der Waals surface area contributed by atoms with Crippen molar-refractivity contribution in [3.05, 3.63) is 41.4 Å². The van der Waals surface area contributed by atoms with Gasteiger partial charge in [0.05, 0.1) is 10.6 Å². The Morgan fingerprint density at radius 2 is 1.70 bits per heavy atom. The van der Waals surface area contributed by atoms with Crippen molar-refractivity contribution in [2.45, 2.75) is 15.6 Å². The van der Waals surface area contributed by atoms with Gasteiger partial charge in [-0.2, -0.15) is 0 Å². The number of hydrogen-bond acceptors (Lipinski definition) is 2. The van der Waals surface area contributed by atoms with E-state index in [4.69, 9.17) is 34.8 Å². The average molecular weight is 350 g/mol. The lowest BCUT2D eigenvalue weighted by atomic mass is 10.1. The van der Waals surface area contributed by atoms with Gasteiger partial charge in [-0.3, -0.25) is 0 Å². The maximum absolute atomic E-state index is 12.5. The number of benzene rings is 2. The minimum absolute atomic E-state index is 0.0361. The molecule has 0 radical (unpaired) electrons. The molecule has 0 aliphatic heterocycles. The Morgan fingerprint density at radius 3 is 2.30 bits per heavy atom. The summed E-state index contributed by atoms with van der Waals surface area (Å²) in [6.07, 6.45) is 0.515. The van der Waals surface area contributed by atoms with Crippen LogP contribution in [0.1, 0.15) is 6.42 Å². The largest absolute Gasteiger partial charge is 0.224 e. The first-order chi connectivity index (χ1) is 9.31. The molecule has 6 heteroatoms. The van der Waals surface area contributed by atoms with Crippen LogP contribution in [0.3, 0.4) is 0 Å². The number of sulfone groups is 1. The fraction of sp³-hybridized carbons (Fsp3) is 0.286. The number of rotatable bonds is 3. The van der Waals surface area contributed by atoms with E-state index in [0.29, 0.717) is 16.8 Å². The zero-order valence-corrected chi connectivity index (χ0v) is 13.4. The molecule has 0 heterocycles. The highest BCUT2D eigenvalue weighted by molar-refractivity contribution is 7.91. The average Bonchev–Trinajstić information content (AvgIpc) is 2.95. The van der Waals surface area contributed by atoms with Crippen molar-refractivity contribution in [3.63, 3.8) is 0 Å². The van der Waals surface area contributed by atoms with Crippen molar-refractivity contribution < 1.29 is 8.42 Å². The quantitative estimate of drug-likeness (QED) is 0.767. The molecule has 2 nitrogen and oxygen atoms in total. The summed E-state index contributed by atoms with van der Waals surface area (Å²) in [6.45, 7) is 0. The van der Waals surface area contributed by atoms with E-state index in [0.717, 1.165) is 5.39 Å². The Labute approximate surface area is 132 Å². The second-order valence-corrected chi connectivity index (χ2v) is 8.99. The second kappa shape index (κ2) is 4.77. The van der Waals surface area contributed by atoms with E-state index in [-0.39, 0.29) is 16.6 Å². The molecule has 1 aliphatic carbocycles. The van der Waals surface area contributed by atoms with Crippen LogP contribution in [0.5, 0.6) is 0 Å². The van der Waals surface area contributed by atoms with Crippen LogP contribution in [0, 0.1) is 5.92 Å². The number of halogens is 3. The zero-order valence-electron chi connectivity index (χ0n) is 10.3. The minimum atomic E-state index is -3.44. The molecule has 1 atom stereocenters. The van der Waals surface area contributed by atoms with Gasteiger partial charge in [0.25, 0.3) is 0 Å². The third kappa shape index (κ3) is 2.52. The molecule has 2 aromatic carbocycles. The molecule has 3 rings (SSSR count). The van der Waals surface area contributed by atoms with Crippen LogP contribution in [-0.4, -0.2) is 18.5 Å². The Balaban J connectivity index is 2.08. The fourth-order valence-electron chi connectivity index (χ4n) is 2.31. The molecular weight excluding hydrogens is 339 g/mol. The molecule has 1 fully saturated rings. The number of fused-ring (bicyclic) bond motifs is 1. The predicted octanol–water partition coefficient (Wildman–Crippen LogP) is 4.46. The van der Waals surface area contributed by atoms with Crippen LogP contribution in [0.15, 0.2) is 41.3 Å². The maximum Gasteiger partial charge on any atom is 0.179 e. The number of alkyl halides is 2. The van der Waals surface area contributed by atoms with Gasteiger partial charge >= 0.3 is 0 Å². The SMILES string of the molecule is O=S(=O)(CC1CC1(Cl)Cl)c1ccc(Cl)c2ccccc12. The summed E-state index contributed by atoms with van der Waals surface area (Å²) in [5.41, 5.74) is 0. The lowest BCUT2D eigenvalue weighted by Gasteiger charge is -2.09. The first kappa shape index (κ1) is 14.5. The van der Waals surface area contributed by atoms with Crippen molar-refractivity contribution in [1.29, 1.82) is 0 Å². The Hall–Kier alpha value is -0.480. The van der Waals surface area contributed by atoms with Crippen molar-refractivity contribution in [2.24, 2.45) is 5.92 Å². The van der Waals surface area contributed by atoms with Crippen molar-refractivity contribution in [1.82, 2.24) is 0 Å². The third-order valence-electron chi connectivity index (χ3n) is 3.54. The van der Waals surface area contributed by atoms with Gasteiger partial charge in [0, 0.05) is 21.7 Å². The van der Waals surface area contributed by atoms with Crippen molar-refractivity contribution >= 4 is 55.4 Å². The molecule has 0 amide bonds. The molecule has 0 saturated heterocycles. The van der Waals surface area contributed by atoms with Crippen LogP contribution in [0.25, 0.3) is 10.8 Å².